The van der Waals surface area contributed by atoms with Gasteiger partial charge in [0.15, 0.2) is 0 Å². The maximum Gasteiger partial charge on any atom is 0.129 e. The van der Waals surface area contributed by atoms with Gasteiger partial charge in [0, 0.05) is 0 Å². The van der Waals surface area contributed by atoms with Crippen molar-refractivity contribution in [3.05, 3.63) is 0 Å². The Labute approximate surface area is 135 Å². The van der Waals surface area contributed by atoms with Crippen molar-refractivity contribution in [2.45, 2.75) is 108 Å². The molecule has 1 heterocycles. The largest absolute Gasteiger partial charge is 0.388 e. The molecule has 0 spiro atoms. The van der Waals surface area contributed by atoms with Crippen molar-refractivity contribution in [3.63, 3.8) is 0 Å². The summed E-state index contributed by atoms with van der Waals surface area (Å²) in [5.41, 5.74) is -0.530. The van der Waals surface area contributed by atoms with Gasteiger partial charge in [-0.05, 0) is 6.42 Å². The molecule has 1 rings (SSSR count). The van der Waals surface area contributed by atoms with Crippen LogP contribution >= 0.6 is 12.6 Å². The number of ether oxygens (including phenoxy) is 1. The molecular formula is C17H34O3S. The molecule has 0 aromatic heterocycles. The molecule has 0 bridgehead atoms. The fourth-order valence-electron chi connectivity index (χ4n) is 2.98. The van der Waals surface area contributed by atoms with E-state index in [1.807, 2.05) is 0 Å². The average Bonchev–Trinajstić information content (AvgIpc) is 2.72. The van der Waals surface area contributed by atoms with Gasteiger partial charge in [-0.25, -0.2) is 0 Å². The molecule has 0 aliphatic carbocycles. The zero-order valence-electron chi connectivity index (χ0n) is 13.5. The molecular weight excluding hydrogens is 284 g/mol. The van der Waals surface area contributed by atoms with Gasteiger partial charge in [0.1, 0.15) is 17.6 Å². The number of aliphatic hydroxyl groups excluding tert-OH is 2. The van der Waals surface area contributed by atoms with Crippen LogP contribution in [-0.4, -0.2) is 34.0 Å². The summed E-state index contributed by atoms with van der Waals surface area (Å²) < 4.78 is 5.44. The Kier molecular flexibility index (Phi) is 10.8. The van der Waals surface area contributed by atoms with Crippen molar-refractivity contribution < 1.29 is 14.9 Å². The maximum absolute atomic E-state index is 9.77. The molecule has 0 saturated carbocycles. The number of hydrogen-bond donors (Lipinski definition) is 3. The highest BCUT2D eigenvalue weighted by Gasteiger charge is 2.40. The number of aliphatic hydroxyl groups is 2. The number of unbranched alkanes of at least 4 members (excludes halogenated alkanes) is 10. The highest BCUT2D eigenvalue weighted by Crippen LogP contribution is 2.27. The van der Waals surface area contributed by atoms with Crippen LogP contribution in [0.15, 0.2) is 0 Å². The zero-order valence-corrected chi connectivity index (χ0v) is 14.4. The summed E-state index contributed by atoms with van der Waals surface area (Å²) >= 11 is 4.11. The topological polar surface area (TPSA) is 49.7 Å². The highest BCUT2D eigenvalue weighted by atomic mass is 32.1. The van der Waals surface area contributed by atoms with Gasteiger partial charge in [-0.1, -0.05) is 77.6 Å². The van der Waals surface area contributed by atoms with E-state index in [1.54, 1.807) is 0 Å². The van der Waals surface area contributed by atoms with Gasteiger partial charge in [-0.15, -0.1) is 12.6 Å². The lowest BCUT2D eigenvalue weighted by Gasteiger charge is -2.13. The van der Waals surface area contributed by atoms with Crippen LogP contribution in [0.1, 0.15) is 84.0 Å². The van der Waals surface area contributed by atoms with E-state index in [0.29, 0.717) is 0 Å². The lowest BCUT2D eigenvalue weighted by Crippen LogP contribution is -2.30. The van der Waals surface area contributed by atoms with Crippen LogP contribution in [0.5, 0.6) is 0 Å². The van der Waals surface area contributed by atoms with Gasteiger partial charge in [-0.3, -0.25) is 0 Å². The molecule has 4 heteroatoms. The van der Waals surface area contributed by atoms with E-state index in [0.717, 1.165) is 12.8 Å². The third kappa shape index (κ3) is 7.87. The molecule has 1 aliphatic heterocycles. The molecule has 1 fully saturated rings. The van der Waals surface area contributed by atoms with Crippen molar-refractivity contribution in [1.29, 1.82) is 0 Å². The van der Waals surface area contributed by atoms with Crippen LogP contribution < -0.4 is 0 Å². The SMILES string of the molecule is CCCCCCCCCCCCC[C@H]1OC(S)[C@H](O)[C@@H]1O. The minimum absolute atomic E-state index is 0.235. The number of hydrogen-bond acceptors (Lipinski definition) is 4. The summed E-state index contributed by atoms with van der Waals surface area (Å²) in [6.45, 7) is 2.26. The summed E-state index contributed by atoms with van der Waals surface area (Å²) in [7, 11) is 0. The van der Waals surface area contributed by atoms with Gasteiger partial charge in [0.05, 0.1) is 6.10 Å². The molecule has 1 unspecified atom stereocenters. The molecule has 0 amide bonds. The van der Waals surface area contributed by atoms with Gasteiger partial charge < -0.3 is 14.9 Å². The molecule has 1 aliphatic rings. The molecule has 1 saturated heterocycles. The summed E-state index contributed by atoms with van der Waals surface area (Å²) in [4.78, 5) is 0. The Morgan fingerprint density at radius 1 is 0.762 bits per heavy atom. The molecule has 0 aromatic rings. The minimum Gasteiger partial charge on any atom is -0.388 e. The first kappa shape index (κ1) is 19.3. The second-order valence-corrected chi connectivity index (χ2v) is 6.88. The van der Waals surface area contributed by atoms with Crippen molar-refractivity contribution >= 4 is 12.6 Å². The Hall–Kier alpha value is 0.230. The monoisotopic (exact) mass is 318 g/mol. The van der Waals surface area contributed by atoms with Crippen LogP contribution in [0.2, 0.25) is 0 Å². The predicted octanol–water partition coefficient (Wildman–Crippen LogP) is 4.06. The van der Waals surface area contributed by atoms with Crippen molar-refractivity contribution in [3.8, 4) is 0 Å². The second kappa shape index (κ2) is 11.8. The van der Waals surface area contributed by atoms with Crippen LogP contribution in [0.25, 0.3) is 0 Å². The fourth-order valence-corrected chi connectivity index (χ4v) is 3.31. The van der Waals surface area contributed by atoms with Crippen molar-refractivity contribution in [2.24, 2.45) is 0 Å². The Morgan fingerprint density at radius 3 is 1.67 bits per heavy atom. The first-order chi connectivity index (χ1) is 10.2. The number of rotatable bonds is 12. The van der Waals surface area contributed by atoms with E-state index in [1.165, 1.54) is 64.2 Å². The van der Waals surface area contributed by atoms with E-state index in [-0.39, 0.29) is 6.10 Å². The van der Waals surface area contributed by atoms with Gasteiger partial charge in [0.25, 0.3) is 0 Å². The minimum atomic E-state index is -0.842. The quantitative estimate of drug-likeness (QED) is 0.376. The second-order valence-electron chi connectivity index (χ2n) is 6.37. The summed E-state index contributed by atoms with van der Waals surface area (Å²) in [5, 5.41) is 19.3. The van der Waals surface area contributed by atoms with E-state index in [2.05, 4.69) is 19.6 Å². The molecule has 0 radical (unpaired) electrons. The first-order valence-electron chi connectivity index (χ1n) is 8.86. The van der Waals surface area contributed by atoms with Gasteiger partial charge >= 0.3 is 0 Å². The normalized spacial score (nSPS) is 29.1. The van der Waals surface area contributed by atoms with E-state index in [4.69, 9.17) is 4.74 Å². The van der Waals surface area contributed by atoms with Crippen LogP contribution in [-0.2, 0) is 4.74 Å². The van der Waals surface area contributed by atoms with E-state index < -0.39 is 17.6 Å². The van der Waals surface area contributed by atoms with Crippen LogP contribution in [0.3, 0.4) is 0 Å². The lowest BCUT2D eigenvalue weighted by molar-refractivity contribution is 0.0175. The molecule has 0 aromatic carbocycles. The maximum atomic E-state index is 9.77. The molecule has 3 nitrogen and oxygen atoms in total. The van der Waals surface area contributed by atoms with Gasteiger partial charge in [0.2, 0.25) is 0 Å². The highest BCUT2D eigenvalue weighted by molar-refractivity contribution is 7.80. The predicted molar refractivity (Wildman–Crippen MR) is 90.7 cm³/mol. The van der Waals surface area contributed by atoms with E-state index in [9.17, 15) is 10.2 Å². The summed E-state index contributed by atoms with van der Waals surface area (Å²) in [6.07, 6.45) is 13.5. The molecule has 126 valence electrons. The third-order valence-electron chi connectivity index (χ3n) is 4.43. The summed E-state index contributed by atoms with van der Waals surface area (Å²) in [6, 6.07) is 0. The standard InChI is InChI=1S/C17H34O3S/c1-2-3-4-5-6-7-8-9-10-11-12-13-14-15(18)16(19)17(21)20-14/h14-19,21H,2-13H2,1H3/t14-,15-,16-,17?/m1/s1. The Bertz CT molecular complexity index is 250. The van der Waals surface area contributed by atoms with Crippen LogP contribution in [0, 0.1) is 0 Å². The lowest BCUT2D eigenvalue weighted by atomic mass is 10.0. The van der Waals surface area contributed by atoms with Crippen molar-refractivity contribution in [2.75, 3.05) is 0 Å². The summed E-state index contributed by atoms with van der Waals surface area (Å²) in [5.74, 6) is 0. The Morgan fingerprint density at radius 2 is 1.24 bits per heavy atom. The smallest absolute Gasteiger partial charge is 0.129 e. The first-order valence-corrected chi connectivity index (χ1v) is 9.38. The van der Waals surface area contributed by atoms with Gasteiger partial charge in [-0.2, -0.15) is 0 Å². The fraction of sp³-hybridized carbons (Fsp3) is 1.00. The molecule has 4 atom stereocenters. The number of thiol groups is 1. The molecule has 21 heavy (non-hydrogen) atoms. The zero-order chi connectivity index (χ0) is 15.5. The average molecular weight is 319 g/mol. The molecule has 2 N–H and O–H groups in total. The van der Waals surface area contributed by atoms with Crippen LogP contribution in [0.4, 0.5) is 0 Å². The third-order valence-corrected chi connectivity index (χ3v) is 4.86. The van der Waals surface area contributed by atoms with Crippen molar-refractivity contribution in [1.82, 2.24) is 0 Å². The van der Waals surface area contributed by atoms with E-state index >= 15 is 0 Å². The Balaban J connectivity index is 1.85.